The topological polar surface area (TPSA) is 55.3 Å². The number of carbonyl (C=O) groups excluding carboxylic acids is 1. The molecule has 1 aromatic rings. The smallest absolute Gasteiger partial charge is 0.274 e. The molecule has 1 aliphatic rings. The van der Waals surface area contributed by atoms with Crippen molar-refractivity contribution in [3.63, 3.8) is 0 Å². The van der Waals surface area contributed by atoms with Crippen molar-refractivity contribution in [2.45, 2.75) is 13.3 Å². The van der Waals surface area contributed by atoms with Crippen molar-refractivity contribution < 1.29 is 9.53 Å². The Labute approximate surface area is 111 Å². The van der Waals surface area contributed by atoms with E-state index >= 15 is 0 Å². The highest BCUT2D eigenvalue weighted by atomic mass is 35.5. The lowest BCUT2D eigenvalue weighted by atomic mass is 10.1. The summed E-state index contributed by atoms with van der Waals surface area (Å²) in [6.45, 7) is 4.84. The fourth-order valence-corrected chi connectivity index (χ4v) is 2.09. The van der Waals surface area contributed by atoms with Gasteiger partial charge in [0.2, 0.25) is 0 Å². The summed E-state index contributed by atoms with van der Waals surface area (Å²) in [5, 5.41) is 7.80. The Morgan fingerprint density at radius 2 is 2.39 bits per heavy atom. The molecule has 1 saturated heterocycles. The molecule has 1 aliphatic heterocycles. The summed E-state index contributed by atoms with van der Waals surface area (Å²) in [6, 6.07) is 3.18. The molecule has 1 unspecified atom stereocenters. The number of aromatic nitrogens is 2. The number of carbonyl (C=O) groups is 1. The molecule has 0 saturated carbocycles. The number of nitrogens with zero attached hydrogens (tertiary/aromatic N) is 3. The zero-order chi connectivity index (χ0) is 13.0. The van der Waals surface area contributed by atoms with Crippen molar-refractivity contribution in [1.82, 2.24) is 15.1 Å². The van der Waals surface area contributed by atoms with Crippen LogP contribution in [0.3, 0.4) is 0 Å². The second-order valence-electron chi connectivity index (χ2n) is 4.31. The normalized spacial score (nSPS) is 18.9. The SMILES string of the molecule is CCN(CC1CCOC1)C(=O)c1ccc(Cl)nn1. The summed E-state index contributed by atoms with van der Waals surface area (Å²) in [4.78, 5) is 14.0. The van der Waals surface area contributed by atoms with E-state index in [1.54, 1.807) is 17.0 Å². The van der Waals surface area contributed by atoms with Crippen molar-refractivity contribution in [3.05, 3.63) is 23.0 Å². The van der Waals surface area contributed by atoms with E-state index in [9.17, 15) is 4.79 Å². The number of hydrogen-bond donors (Lipinski definition) is 0. The molecule has 0 aromatic carbocycles. The molecule has 1 amide bonds. The van der Waals surface area contributed by atoms with Gasteiger partial charge in [-0.2, -0.15) is 0 Å². The van der Waals surface area contributed by atoms with Crippen molar-refractivity contribution >= 4 is 17.5 Å². The Morgan fingerprint density at radius 1 is 1.56 bits per heavy atom. The third-order valence-electron chi connectivity index (χ3n) is 3.02. The zero-order valence-corrected chi connectivity index (χ0v) is 11.1. The van der Waals surface area contributed by atoms with Gasteiger partial charge < -0.3 is 9.64 Å². The molecule has 1 fully saturated rings. The lowest BCUT2D eigenvalue weighted by Crippen LogP contribution is -2.36. The predicted molar refractivity (Wildman–Crippen MR) is 67.5 cm³/mol. The van der Waals surface area contributed by atoms with Crippen LogP contribution in [0.25, 0.3) is 0 Å². The average molecular weight is 270 g/mol. The minimum absolute atomic E-state index is 0.103. The van der Waals surface area contributed by atoms with Crippen LogP contribution in [0.4, 0.5) is 0 Å². The summed E-state index contributed by atoms with van der Waals surface area (Å²) < 4.78 is 5.32. The van der Waals surface area contributed by atoms with Crippen LogP contribution in [0.5, 0.6) is 0 Å². The van der Waals surface area contributed by atoms with Crippen molar-refractivity contribution in [3.8, 4) is 0 Å². The highest BCUT2D eigenvalue weighted by molar-refractivity contribution is 6.29. The molecule has 1 aromatic heterocycles. The largest absolute Gasteiger partial charge is 0.381 e. The second kappa shape index (κ2) is 6.11. The van der Waals surface area contributed by atoms with Gasteiger partial charge in [0, 0.05) is 25.6 Å². The van der Waals surface area contributed by atoms with E-state index in [0.29, 0.717) is 29.9 Å². The van der Waals surface area contributed by atoms with Gasteiger partial charge in [-0.25, -0.2) is 0 Å². The van der Waals surface area contributed by atoms with Gasteiger partial charge in [-0.15, -0.1) is 10.2 Å². The Balaban J connectivity index is 2.02. The summed E-state index contributed by atoms with van der Waals surface area (Å²) in [6.07, 6.45) is 1.01. The van der Waals surface area contributed by atoms with E-state index in [-0.39, 0.29) is 5.91 Å². The number of halogens is 1. The molecular weight excluding hydrogens is 254 g/mol. The molecule has 0 spiro atoms. The lowest BCUT2D eigenvalue weighted by Gasteiger charge is -2.23. The predicted octanol–water partition coefficient (Wildman–Crippen LogP) is 1.63. The Morgan fingerprint density at radius 3 is 2.94 bits per heavy atom. The summed E-state index contributed by atoms with van der Waals surface area (Å²) >= 11 is 5.65. The second-order valence-corrected chi connectivity index (χ2v) is 4.70. The van der Waals surface area contributed by atoms with Gasteiger partial charge in [-0.3, -0.25) is 4.79 Å². The molecule has 5 nitrogen and oxygen atoms in total. The molecule has 1 atom stereocenters. The lowest BCUT2D eigenvalue weighted by molar-refractivity contribution is 0.0723. The number of ether oxygens (including phenoxy) is 1. The first-order chi connectivity index (χ1) is 8.70. The first-order valence-electron chi connectivity index (χ1n) is 6.07. The molecular formula is C12H16ClN3O2. The van der Waals surface area contributed by atoms with Gasteiger partial charge in [0.1, 0.15) is 0 Å². The summed E-state index contributed by atoms with van der Waals surface area (Å²) in [5.41, 5.74) is 0.333. The van der Waals surface area contributed by atoms with Crippen LogP contribution in [0.1, 0.15) is 23.8 Å². The number of amides is 1. The minimum atomic E-state index is -0.103. The fourth-order valence-electron chi connectivity index (χ4n) is 1.99. The van der Waals surface area contributed by atoms with Gasteiger partial charge in [0.15, 0.2) is 10.8 Å². The van der Waals surface area contributed by atoms with Crippen molar-refractivity contribution in [2.24, 2.45) is 5.92 Å². The first-order valence-corrected chi connectivity index (χ1v) is 6.44. The van der Waals surface area contributed by atoms with E-state index in [1.807, 2.05) is 6.92 Å². The minimum Gasteiger partial charge on any atom is -0.381 e. The third kappa shape index (κ3) is 3.17. The van der Waals surface area contributed by atoms with E-state index in [1.165, 1.54) is 0 Å². The molecule has 0 bridgehead atoms. The van der Waals surface area contributed by atoms with Gasteiger partial charge in [-0.1, -0.05) is 11.6 Å². The van der Waals surface area contributed by atoms with Crippen molar-refractivity contribution in [2.75, 3.05) is 26.3 Å². The van der Waals surface area contributed by atoms with Crippen LogP contribution < -0.4 is 0 Å². The Bertz CT molecular complexity index is 404. The van der Waals surface area contributed by atoms with E-state index < -0.39 is 0 Å². The van der Waals surface area contributed by atoms with Crippen molar-refractivity contribution in [1.29, 1.82) is 0 Å². The maximum absolute atomic E-state index is 12.2. The highest BCUT2D eigenvalue weighted by Gasteiger charge is 2.23. The van der Waals surface area contributed by atoms with Crippen LogP contribution in [0.2, 0.25) is 5.15 Å². The quantitative estimate of drug-likeness (QED) is 0.834. The van der Waals surface area contributed by atoms with Gasteiger partial charge in [0.05, 0.1) is 6.61 Å². The maximum atomic E-state index is 12.2. The monoisotopic (exact) mass is 269 g/mol. The van der Waals surface area contributed by atoms with Gasteiger partial charge >= 0.3 is 0 Å². The van der Waals surface area contributed by atoms with E-state index in [2.05, 4.69) is 10.2 Å². The van der Waals surface area contributed by atoms with Crippen LogP contribution >= 0.6 is 11.6 Å². The van der Waals surface area contributed by atoms with Crippen LogP contribution in [0.15, 0.2) is 12.1 Å². The molecule has 6 heteroatoms. The zero-order valence-electron chi connectivity index (χ0n) is 10.3. The van der Waals surface area contributed by atoms with Crippen LogP contribution in [-0.4, -0.2) is 47.3 Å². The molecule has 0 radical (unpaired) electrons. The number of hydrogen-bond acceptors (Lipinski definition) is 4. The standard InChI is InChI=1S/C12H16ClN3O2/c1-2-16(7-9-5-6-18-8-9)12(17)10-3-4-11(13)15-14-10/h3-4,9H,2,5-8H2,1H3. The van der Waals surface area contributed by atoms with Gasteiger partial charge in [-0.05, 0) is 25.5 Å². The summed E-state index contributed by atoms with van der Waals surface area (Å²) in [5.74, 6) is 0.322. The Hall–Kier alpha value is -1.20. The molecule has 2 heterocycles. The first kappa shape index (κ1) is 13.2. The van der Waals surface area contributed by atoms with Crippen LogP contribution in [0, 0.1) is 5.92 Å². The third-order valence-corrected chi connectivity index (χ3v) is 3.22. The molecule has 0 N–H and O–H groups in total. The fraction of sp³-hybridized carbons (Fsp3) is 0.583. The Kier molecular flexibility index (Phi) is 4.49. The molecule has 2 rings (SSSR count). The molecule has 98 valence electrons. The van der Waals surface area contributed by atoms with E-state index in [0.717, 1.165) is 19.6 Å². The maximum Gasteiger partial charge on any atom is 0.274 e. The summed E-state index contributed by atoms with van der Waals surface area (Å²) in [7, 11) is 0. The average Bonchev–Trinajstić information content (AvgIpc) is 2.89. The van der Waals surface area contributed by atoms with Gasteiger partial charge in [0.25, 0.3) is 5.91 Å². The van der Waals surface area contributed by atoms with Crippen LogP contribution in [-0.2, 0) is 4.74 Å². The number of rotatable bonds is 4. The van der Waals surface area contributed by atoms with E-state index in [4.69, 9.17) is 16.3 Å². The molecule has 18 heavy (non-hydrogen) atoms. The molecule has 0 aliphatic carbocycles. The highest BCUT2D eigenvalue weighted by Crippen LogP contribution is 2.15.